The maximum Gasteiger partial charge on any atom is 0.160 e. The van der Waals surface area contributed by atoms with E-state index < -0.39 is 0 Å². The molecular weight excluding hydrogens is 683 g/mol. The summed E-state index contributed by atoms with van der Waals surface area (Å²) in [5.74, 6) is 0.695. The van der Waals surface area contributed by atoms with Crippen molar-refractivity contribution in [3.05, 3.63) is 200 Å². The molecule has 0 radical (unpaired) electrons. The van der Waals surface area contributed by atoms with E-state index >= 15 is 0 Å². The normalized spacial score (nSPS) is 11.6. The monoisotopic (exact) mass is 715 g/mol. The molecule has 0 amide bonds. The number of fused-ring (bicyclic) bond motifs is 6. The van der Waals surface area contributed by atoms with E-state index in [-0.39, 0.29) is 0 Å². The van der Waals surface area contributed by atoms with Gasteiger partial charge in [-0.2, -0.15) is 0 Å². The summed E-state index contributed by atoms with van der Waals surface area (Å²) in [6, 6.07) is 68.3. The van der Waals surface area contributed by atoms with Crippen molar-refractivity contribution >= 4 is 43.7 Å². The van der Waals surface area contributed by atoms with Gasteiger partial charge in [0.25, 0.3) is 0 Å². The first kappa shape index (κ1) is 31.9. The van der Waals surface area contributed by atoms with Crippen LogP contribution in [0.5, 0.6) is 0 Å². The molecule has 0 bridgehead atoms. The second kappa shape index (κ2) is 13.0. The number of hydrogen-bond donors (Lipinski definition) is 0. The van der Waals surface area contributed by atoms with E-state index in [0.717, 1.165) is 67.0 Å². The minimum Gasteiger partial charge on any atom is -0.309 e. The Balaban J connectivity index is 1.05. The number of pyridine rings is 1. The molecule has 0 atom stereocenters. The number of benzene rings is 7. The van der Waals surface area contributed by atoms with Gasteiger partial charge in [-0.05, 0) is 90.0 Å². The quantitative estimate of drug-likeness (QED) is 0.172. The van der Waals surface area contributed by atoms with Crippen LogP contribution in [-0.4, -0.2) is 24.1 Å². The number of rotatable bonds is 6. The van der Waals surface area contributed by atoms with Gasteiger partial charge in [0.2, 0.25) is 0 Å². The van der Waals surface area contributed by atoms with Gasteiger partial charge in [-0.1, -0.05) is 115 Å². The van der Waals surface area contributed by atoms with E-state index in [9.17, 15) is 0 Å². The maximum absolute atomic E-state index is 5.07. The highest BCUT2D eigenvalue weighted by molar-refractivity contribution is 6.17. The zero-order valence-corrected chi connectivity index (χ0v) is 30.3. The summed E-state index contributed by atoms with van der Waals surface area (Å²) < 4.78 is 4.63. The lowest BCUT2D eigenvalue weighted by atomic mass is 9.98. The lowest BCUT2D eigenvalue weighted by Gasteiger charge is -2.12. The number of nitrogens with zero attached hydrogens (tertiary/aromatic N) is 5. The molecule has 4 aromatic heterocycles. The number of para-hydroxylation sites is 2. The lowest BCUT2D eigenvalue weighted by Crippen LogP contribution is -1.97. The smallest absolute Gasteiger partial charge is 0.160 e. The van der Waals surface area contributed by atoms with E-state index in [2.05, 4.69) is 161 Å². The highest BCUT2D eigenvalue weighted by Crippen LogP contribution is 2.41. The predicted octanol–water partition coefficient (Wildman–Crippen LogP) is 12.7. The molecule has 262 valence electrons. The molecule has 0 saturated carbocycles. The zero-order valence-electron chi connectivity index (χ0n) is 30.3. The molecule has 5 nitrogen and oxygen atoms in total. The third-order valence-corrected chi connectivity index (χ3v) is 10.8. The fourth-order valence-electron chi connectivity index (χ4n) is 8.24. The second-order valence-corrected chi connectivity index (χ2v) is 14.1. The fourth-order valence-corrected chi connectivity index (χ4v) is 8.24. The Morgan fingerprint density at radius 1 is 0.357 bits per heavy atom. The Morgan fingerprint density at radius 3 is 1.68 bits per heavy atom. The molecule has 7 aromatic carbocycles. The van der Waals surface area contributed by atoms with Crippen LogP contribution in [0.1, 0.15) is 0 Å². The number of hydrogen-bond acceptors (Lipinski definition) is 3. The summed E-state index contributed by atoms with van der Waals surface area (Å²) in [7, 11) is 0. The summed E-state index contributed by atoms with van der Waals surface area (Å²) in [5.41, 5.74) is 13.8. The second-order valence-electron chi connectivity index (χ2n) is 14.1. The molecule has 56 heavy (non-hydrogen) atoms. The van der Waals surface area contributed by atoms with Crippen molar-refractivity contribution in [2.75, 3.05) is 0 Å². The summed E-state index contributed by atoms with van der Waals surface area (Å²) in [6.45, 7) is 0. The van der Waals surface area contributed by atoms with Crippen LogP contribution in [0.3, 0.4) is 0 Å². The van der Waals surface area contributed by atoms with E-state index in [4.69, 9.17) is 15.0 Å². The molecule has 11 rings (SSSR count). The molecule has 0 aliphatic rings. The zero-order chi connectivity index (χ0) is 37.0. The molecule has 4 heterocycles. The van der Waals surface area contributed by atoms with Gasteiger partial charge in [-0.25, -0.2) is 15.0 Å². The van der Waals surface area contributed by atoms with Crippen LogP contribution < -0.4 is 0 Å². The SMILES string of the molecule is c1ccc(-c2cc(-c3ccccc3)nc(-c3ccc(-n4c5ccccc5c5c(-c6ccc7c(c6)c6cccnc6n7-c6ccccc6)cccc54)cc3)n2)cc1. The number of aromatic nitrogens is 5. The molecule has 0 fully saturated rings. The minimum absolute atomic E-state index is 0.695. The Labute approximate surface area is 323 Å². The van der Waals surface area contributed by atoms with Crippen molar-refractivity contribution in [2.45, 2.75) is 0 Å². The van der Waals surface area contributed by atoms with E-state index in [1.807, 2.05) is 48.7 Å². The van der Waals surface area contributed by atoms with Crippen LogP contribution in [0.15, 0.2) is 200 Å². The van der Waals surface area contributed by atoms with Crippen molar-refractivity contribution in [1.82, 2.24) is 24.1 Å². The first-order valence-corrected chi connectivity index (χ1v) is 18.9. The Morgan fingerprint density at radius 2 is 0.946 bits per heavy atom. The first-order chi connectivity index (χ1) is 27.8. The minimum atomic E-state index is 0.695. The van der Waals surface area contributed by atoms with Crippen LogP contribution in [0.4, 0.5) is 0 Å². The molecule has 0 saturated heterocycles. The first-order valence-electron chi connectivity index (χ1n) is 18.9. The van der Waals surface area contributed by atoms with Gasteiger partial charge in [0.15, 0.2) is 5.82 Å². The van der Waals surface area contributed by atoms with Gasteiger partial charge in [0, 0.05) is 55.8 Å². The van der Waals surface area contributed by atoms with Crippen LogP contribution in [0, 0.1) is 0 Å². The van der Waals surface area contributed by atoms with Gasteiger partial charge in [-0.15, -0.1) is 0 Å². The lowest BCUT2D eigenvalue weighted by molar-refractivity contribution is 1.14. The fraction of sp³-hybridized carbons (Fsp3) is 0. The molecular formula is C51H33N5. The summed E-state index contributed by atoms with van der Waals surface area (Å²) >= 11 is 0. The molecule has 0 N–H and O–H groups in total. The van der Waals surface area contributed by atoms with Crippen molar-refractivity contribution in [1.29, 1.82) is 0 Å². The van der Waals surface area contributed by atoms with Crippen molar-refractivity contribution in [2.24, 2.45) is 0 Å². The molecule has 0 unspecified atom stereocenters. The van der Waals surface area contributed by atoms with Gasteiger partial charge in [-0.3, -0.25) is 4.57 Å². The van der Waals surface area contributed by atoms with Gasteiger partial charge in [0.05, 0.1) is 27.9 Å². The van der Waals surface area contributed by atoms with Crippen LogP contribution in [0.2, 0.25) is 0 Å². The Bertz CT molecular complexity index is 3160. The van der Waals surface area contributed by atoms with Gasteiger partial charge >= 0.3 is 0 Å². The Hall–Kier alpha value is -7.63. The summed E-state index contributed by atoms with van der Waals surface area (Å²) in [4.78, 5) is 15.0. The van der Waals surface area contributed by atoms with Gasteiger partial charge in [0.1, 0.15) is 5.65 Å². The topological polar surface area (TPSA) is 48.5 Å². The molecule has 0 spiro atoms. The summed E-state index contributed by atoms with van der Waals surface area (Å²) in [6.07, 6.45) is 1.88. The van der Waals surface area contributed by atoms with Crippen molar-refractivity contribution in [3.63, 3.8) is 0 Å². The average Bonchev–Trinajstić information content (AvgIpc) is 3.80. The molecule has 11 aromatic rings. The van der Waals surface area contributed by atoms with Gasteiger partial charge < -0.3 is 4.57 Å². The van der Waals surface area contributed by atoms with Crippen LogP contribution >= 0.6 is 0 Å². The van der Waals surface area contributed by atoms with Crippen LogP contribution in [0.25, 0.3) is 100 Å². The third-order valence-electron chi connectivity index (χ3n) is 10.8. The molecule has 0 aliphatic heterocycles. The average molecular weight is 716 g/mol. The molecule has 0 aliphatic carbocycles. The molecule has 5 heteroatoms. The van der Waals surface area contributed by atoms with Crippen molar-refractivity contribution < 1.29 is 0 Å². The Kier molecular flexibility index (Phi) is 7.42. The van der Waals surface area contributed by atoms with Crippen molar-refractivity contribution in [3.8, 4) is 56.4 Å². The standard InChI is InChI=1S/C51H33N5/c1-4-14-34(15-5-1)44-33-45(35-16-6-2-7-17-35)54-50(53-44)36-25-28-39(29-26-36)55-46-23-11-10-20-42(46)49-40(21-12-24-48(49)55)37-27-30-47-43(32-37)41-22-13-31-52-51(41)56(47)38-18-8-3-9-19-38/h1-33H. The van der Waals surface area contributed by atoms with E-state index in [1.54, 1.807) is 0 Å². The highest BCUT2D eigenvalue weighted by atomic mass is 15.0. The van der Waals surface area contributed by atoms with E-state index in [1.165, 1.54) is 27.3 Å². The largest absolute Gasteiger partial charge is 0.309 e. The van der Waals surface area contributed by atoms with Crippen LogP contribution in [-0.2, 0) is 0 Å². The van der Waals surface area contributed by atoms with E-state index in [0.29, 0.717) is 5.82 Å². The predicted molar refractivity (Wildman–Crippen MR) is 230 cm³/mol. The highest BCUT2D eigenvalue weighted by Gasteiger charge is 2.19. The third kappa shape index (κ3) is 5.21. The summed E-state index contributed by atoms with van der Waals surface area (Å²) in [5, 5.41) is 4.75. The maximum atomic E-state index is 5.07.